The number of aromatic nitrogens is 2. The number of anilines is 1. The molecule has 0 spiro atoms. The molecule has 1 aromatic heterocycles. The second-order valence-electron chi connectivity index (χ2n) is 4.44. The first kappa shape index (κ1) is 12.8. The summed E-state index contributed by atoms with van der Waals surface area (Å²) in [6, 6.07) is 5.07. The molecule has 2 rings (SSSR count). The average Bonchev–Trinajstić information content (AvgIpc) is 2.70. The fraction of sp³-hybridized carbons (Fsp3) is 0.364. The van der Waals surface area contributed by atoms with Gasteiger partial charge in [-0.25, -0.2) is 13.4 Å². The molecular formula is C11H16N4O2S. The molecule has 18 heavy (non-hydrogen) atoms. The second kappa shape index (κ2) is 4.58. The number of nitrogens with two attached hydrogens (primary N) is 1. The Hall–Kier alpha value is -1.60. The van der Waals surface area contributed by atoms with Crippen LogP contribution >= 0.6 is 0 Å². The molecule has 6 nitrogen and oxygen atoms in total. The van der Waals surface area contributed by atoms with Crippen LogP contribution in [0.25, 0.3) is 11.0 Å². The van der Waals surface area contributed by atoms with Crippen molar-refractivity contribution in [3.05, 3.63) is 18.2 Å². The summed E-state index contributed by atoms with van der Waals surface area (Å²) in [5.74, 6) is 0.0370. The van der Waals surface area contributed by atoms with Crippen LogP contribution in [0.4, 0.5) is 5.69 Å². The molecule has 1 aromatic carbocycles. The summed E-state index contributed by atoms with van der Waals surface area (Å²) < 4.78 is 24.1. The topological polar surface area (TPSA) is 92.1 Å². The van der Waals surface area contributed by atoms with Crippen LogP contribution in [0.1, 0.15) is 0 Å². The van der Waals surface area contributed by atoms with Crippen molar-refractivity contribution in [1.82, 2.24) is 14.9 Å². The molecule has 2 aromatic rings. The van der Waals surface area contributed by atoms with Crippen LogP contribution in [0.3, 0.4) is 0 Å². The number of nitrogens with one attached hydrogen (secondary N) is 1. The maximum Gasteiger partial charge on any atom is 0.226 e. The highest BCUT2D eigenvalue weighted by Crippen LogP contribution is 2.17. The van der Waals surface area contributed by atoms with Crippen molar-refractivity contribution in [2.45, 2.75) is 5.16 Å². The number of benzene rings is 1. The first-order chi connectivity index (χ1) is 8.38. The van der Waals surface area contributed by atoms with E-state index in [9.17, 15) is 8.42 Å². The van der Waals surface area contributed by atoms with Gasteiger partial charge in [0.1, 0.15) is 0 Å². The summed E-state index contributed by atoms with van der Waals surface area (Å²) in [5.41, 5.74) is 7.45. The number of fused-ring (bicyclic) bond motifs is 1. The van der Waals surface area contributed by atoms with Gasteiger partial charge in [-0.3, -0.25) is 0 Å². The third kappa shape index (κ3) is 2.62. The highest BCUT2D eigenvalue weighted by atomic mass is 32.2. The van der Waals surface area contributed by atoms with E-state index in [-0.39, 0.29) is 10.9 Å². The molecule has 0 aliphatic rings. The molecule has 98 valence electrons. The molecule has 0 atom stereocenters. The van der Waals surface area contributed by atoms with Gasteiger partial charge in [-0.2, -0.15) is 0 Å². The van der Waals surface area contributed by atoms with E-state index >= 15 is 0 Å². The van der Waals surface area contributed by atoms with E-state index in [1.165, 1.54) is 0 Å². The fourth-order valence-electron chi connectivity index (χ4n) is 1.55. The van der Waals surface area contributed by atoms with Crippen LogP contribution in [0.2, 0.25) is 0 Å². The minimum atomic E-state index is -3.38. The van der Waals surface area contributed by atoms with Crippen LogP contribution in [0, 0.1) is 0 Å². The highest BCUT2D eigenvalue weighted by molar-refractivity contribution is 7.91. The zero-order valence-electron chi connectivity index (χ0n) is 10.3. The zero-order chi connectivity index (χ0) is 13.3. The maximum atomic E-state index is 12.0. The molecule has 3 N–H and O–H groups in total. The Morgan fingerprint density at radius 2 is 2.11 bits per heavy atom. The number of rotatable bonds is 4. The van der Waals surface area contributed by atoms with Gasteiger partial charge < -0.3 is 15.6 Å². The first-order valence-corrected chi connectivity index (χ1v) is 7.16. The van der Waals surface area contributed by atoms with Crippen molar-refractivity contribution in [2.75, 3.05) is 32.1 Å². The number of aromatic amines is 1. The highest BCUT2D eigenvalue weighted by Gasteiger charge is 2.19. The van der Waals surface area contributed by atoms with E-state index in [2.05, 4.69) is 9.97 Å². The maximum absolute atomic E-state index is 12.0. The Labute approximate surface area is 106 Å². The van der Waals surface area contributed by atoms with Crippen LogP contribution in [0.5, 0.6) is 0 Å². The Bertz CT molecular complexity index is 661. The molecule has 0 amide bonds. The van der Waals surface area contributed by atoms with Gasteiger partial charge in [0.25, 0.3) is 0 Å². The van der Waals surface area contributed by atoms with Gasteiger partial charge in [-0.1, -0.05) is 0 Å². The third-order valence-corrected chi connectivity index (χ3v) is 4.09. The van der Waals surface area contributed by atoms with E-state index < -0.39 is 9.84 Å². The summed E-state index contributed by atoms with van der Waals surface area (Å²) in [6.45, 7) is 0.460. The number of nitrogens with zero attached hydrogens (tertiary/aromatic N) is 2. The minimum Gasteiger partial charge on any atom is -0.399 e. The van der Waals surface area contributed by atoms with Gasteiger partial charge in [0.2, 0.25) is 15.0 Å². The Morgan fingerprint density at radius 3 is 2.78 bits per heavy atom. The number of H-pyrrole nitrogens is 1. The van der Waals surface area contributed by atoms with E-state index in [1.807, 2.05) is 19.0 Å². The van der Waals surface area contributed by atoms with Gasteiger partial charge in [0.05, 0.1) is 16.8 Å². The van der Waals surface area contributed by atoms with Gasteiger partial charge in [0.15, 0.2) is 0 Å². The zero-order valence-corrected chi connectivity index (χ0v) is 11.2. The van der Waals surface area contributed by atoms with Crippen LogP contribution in [0.15, 0.2) is 23.4 Å². The number of imidazole rings is 1. The van der Waals surface area contributed by atoms with Crippen molar-refractivity contribution in [1.29, 1.82) is 0 Å². The smallest absolute Gasteiger partial charge is 0.226 e. The van der Waals surface area contributed by atoms with E-state index in [0.717, 1.165) is 0 Å². The molecule has 0 saturated heterocycles. The van der Waals surface area contributed by atoms with Crippen molar-refractivity contribution >= 4 is 26.6 Å². The molecular weight excluding hydrogens is 252 g/mol. The monoisotopic (exact) mass is 268 g/mol. The summed E-state index contributed by atoms with van der Waals surface area (Å²) in [6.07, 6.45) is 0. The van der Waals surface area contributed by atoms with Crippen molar-refractivity contribution < 1.29 is 8.42 Å². The second-order valence-corrected chi connectivity index (χ2v) is 6.47. The van der Waals surface area contributed by atoms with Crippen molar-refractivity contribution in [3.8, 4) is 0 Å². The molecule has 0 bridgehead atoms. The largest absolute Gasteiger partial charge is 0.399 e. The van der Waals surface area contributed by atoms with Gasteiger partial charge in [-0.15, -0.1) is 0 Å². The average molecular weight is 268 g/mol. The van der Waals surface area contributed by atoms with Gasteiger partial charge in [-0.05, 0) is 32.3 Å². The summed E-state index contributed by atoms with van der Waals surface area (Å²) >= 11 is 0. The molecule has 0 aliphatic heterocycles. The Balaban J connectivity index is 2.36. The Morgan fingerprint density at radius 1 is 1.39 bits per heavy atom. The summed E-state index contributed by atoms with van der Waals surface area (Å²) in [7, 11) is 0.277. The van der Waals surface area contributed by atoms with Crippen LogP contribution < -0.4 is 5.73 Å². The van der Waals surface area contributed by atoms with Crippen molar-refractivity contribution in [3.63, 3.8) is 0 Å². The lowest BCUT2D eigenvalue weighted by atomic mass is 10.3. The lowest BCUT2D eigenvalue weighted by Crippen LogP contribution is -2.22. The summed E-state index contributed by atoms with van der Waals surface area (Å²) in [4.78, 5) is 8.71. The normalized spacial score (nSPS) is 12.4. The molecule has 7 heteroatoms. The first-order valence-electron chi connectivity index (χ1n) is 5.51. The number of nitrogen functional groups attached to an aromatic ring is 1. The molecule has 0 aliphatic carbocycles. The van der Waals surface area contributed by atoms with Gasteiger partial charge in [0, 0.05) is 12.2 Å². The quantitative estimate of drug-likeness (QED) is 0.787. The minimum absolute atomic E-state index is 0.00458. The third-order valence-electron chi connectivity index (χ3n) is 2.59. The molecule has 1 heterocycles. The Kier molecular flexibility index (Phi) is 3.27. The number of hydrogen-bond donors (Lipinski definition) is 2. The lowest BCUT2D eigenvalue weighted by molar-refractivity contribution is 0.432. The standard InChI is InChI=1S/C11H16N4O2S/c1-15(2)5-6-18(16,17)11-13-9-4-3-8(12)7-10(9)14-11/h3-4,7H,5-6,12H2,1-2H3,(H,13,14). The fourth-order valence-corrected chi connectivity index (χ4v) is 2.85. The molecule has 0 radical (unpaired) electrons. The van der Waals surface area contributed by atoms with Crippen LogP contribution in [-0.2, 0) is 9.84 Å². The molecule has 0 fully saturated rings. The number of sulfone groups is 1. The number of hydrogen-bond acceptors (Lipinski definition) is 5. The van der Waals surface area contributed by atoms with Crippen molar-refractivity contribution in [2.24, 2.45) is 0 Å². The predicted octanol–water partition coefficient (Wildman–Crippen LogP) is 0.480. The molecule has 0 unspecified atom stereocenters. The van der Waals surface area contributed by atoms with E-state index in [0.29, 0.717) is 23.3 Å². The predicted molar refractivity (Wildman–Crippen MR) is 71.1 cm³/mol. The lowest BCUT2D eigenvalue weighted by Gasteiger charge is -2.07. The van der Waals surface area contributed by atoms with Gasteiger partial charge >= 0.3 is 0 Å². The van der Waals surface area contributed by atoms with E-state index in [1.54, 1.807) is 18.2 Å². The molecule has 0 saturated carbocycles. The SMILES string of the molecule is CN(C)CCS(=O)(=O)c1nc2ccc(N)cc2[nH]1. The van der Waals surface area contributed by atoms with E-state index in [4.69, 9.17) is 5.73 Å². The summed E-state index contributed by atoms with van der Waals surface area (Å²) in [5, 5.41) is 0.00458. The van der Waals surface area contributed by atoms with Crippen LogP contribution in [-0.4, -0.2) is 49.7 Å².